The van der Waals surface area contributed by atoms with Gasteiger partial charge in [0.1, 0.15) is 0 Å². The number of hydrogen-bond acceptors (Lipinski definition) is 3. The fourth-order valence-corrected chi connectivity index (χ4v) is 2.81. The van der Waals surface area contributed by atoms with Crippen LogP contribution < -0.4 is 10.6 Å². The van der Waals surface area contributed by atoms with E-state index in [2.05, 4.69) is 36.5 Å². The fourth-order valence-electron chi connectivity index (χ4n) is 2.81. The molecule has 1 heterocycles. The summed E-state index contributed by atoms with van der Waals surface area (Å²) in [6.45, 7) is 7.79. The predicted molar refractivity (Wildman–Crippen MR) is 81.0 cm³/mol. The molecule has 1 aliphatic rings. The Kier molecular flexibility index (Phi) is 4.56. The van der Waals surface area contributed by atoms with Crippen LogP contribution in [0, 0.1) is 5.41 Å². The maximum Gasteiger partial charge on any atom is 0.315 e. The average Bonchev–Trinajstić information content (AvgIpc) is 2.96. The molecule has 1 saturated carbocycles. The summed E-state index contributed by atoms with van der Waals surface area (Å²) in [5.41, 5.74) is -0.223. The molecule has 6 nitrogen and oxygen atoms in total. The molecule has 1 aromatic heterocycles. The molecule has 118 valence electrons. The van der Waals surface area contributed by atoms with Gasteiger partial charge in [-0.2, -0.15) is 5.10 Å². The van der Waals surface area contributed by atoms with E-state index in [-0.39, 0.29) is 23.1 Å². The van der Waals surface area contributed by atoms with Crippen LogP contribution in [0.4, 0.5) is 4.79 Å². The van der Waals surface area contributed by atoms with Gasteiger partial charge >= 0.3 is 6.03 Å². The molecule has 0 spiro atoms. The number of amides is 2. The molecule has 0 radical (unpaired) electrons. The van der Waals surface area contributed by atoms with Crippen LogP contribution in [0.3, 0.4) is 0 Å². The molecule has 2 amide bonds. The second kappa shape index (κ2) is 6.05. The fraction of sp³-hybridized carbons (Fsp3) is 0.733. The van der Waals surface area contributed by atoms with Gasteiger partial charge in [0.15, 0.2) is 0 Å². The van der Waals surface area contributed by atoms with Crippen molar-refractivity contribution in [3.05, 3.63) is 18.5 Å². The van der Waals surface area contributed by atoms with Crippen LogP contribution in [-0.2, 0) is 11.3 Å². The molecule has 0 saturated heterocycles. The van der Waals surface area contributed by atoms with E-state index < -0.39 is 0 Å². The lowest BCUT2D eigenvalue weighted by Crippen LogP contribution is -2.69. The molecule has 6 heteroatoms. The van der Waals surface area contributed by atoms with Gasteiger partial charge in [0.25, 0.3) is 0 Å². The molecule has 0 bridgehead atoms. The van der Waals surface area contributed by atoms with E-state index in [9.17, 15) is 4.79 Å². The number of ether oxygens (including phenoxy) is 1. The van der Waals surface area contributed by atoms with E-state index in [4.69, 9.17) is 4.74 Å². The van der Waals surface area contributed by atoms with Crippen molar-refractivity contribution in [2.24, 2.45) is 5.41 Å². The van der Waals surface area contributed by atoms with Crippen molar-refractivity contribution < 1.29 is 9.53 Å². The molecule has 2 rings (SSSR count). The van der Waals surface area contributed by atoms with Crippen molar-refractivity contribution in [3.8, 4) is 0 Å². The topological polar surface area (TPSA) is 68.2 Å². The van der Waals surface area contributed by atoms with Crippen molar-refractivity contribution in [3.63, 3.8) is 0 Å². The SMILES string of the molecule is CO[C@]1(C)C[C@H](NC(=O)NCCCn2cccn2)C1(C)C. The summed E-state index contributed by atoms with van der Waals surface area (Å²) >= 11 is 0. The normalized spacial score (nSPS) is 27.0. The van der Waals surface area contributed by atoms with Crippen LogP contribution in [0.25, 0.3) is 0 Å². The Morgan fingerprint density at radius 2 is 2.24 bits per heavy atom. The first-order valence-corrected chi connectivity index (χ1v) is 7.46. The van der Waals surface area contributed by atoms with Crippen molar-refractivity contribution in [1.82, 2.24) is 20.4 Å². The molecule has 21 heavy (non-hydrogen) atoms. The zero-order valence-electron chi connectivity index (χ0n) is 13.3. The summed E-state index contributed by atoms with van der Waals surface area (Å²) in [5, 5.41) is 10.1. The highest BCUT2D eigenvalue weighted by molar-refractivity contribution is 5.74. The second-order valence-corrected chi connectivity index (χ2v) is 6.44. The minimum absolute atomic E-state index is 0.0614. The third-order valence-electron chi connectivity index (χ3n) is 4.99. The molecule has 2 atom stereocenters. The number of urea groups is 1. The highest BCUT2D eigenvalue weighted by Gasteiger charge is 2.58. The molecule has 0 unspecified atom stereocenters. The van der Waals surface area contributed by atoms with Crippen LogP contribution in [-0.4, -0.2) is 41.1 Å². The minimum atomic E-state index is -0.162. The number of hydrogen-bond donors (Lipinski definition) is 2. The monoisotopic (exact) mass is 294 g/mol. The summed E-state index contributed by atoms with van der Waals surface area (Å²) in [6.07, 6.45) is 5.38. The van der Waals surface area contributed by atoms with E-state index in [1.807, 2.05) is 16.9 Å². The highest BCUT2D eigenvalue weighted by atomic mass is 16.5. The lowest BCUT2D eigenvalue weighted by Gasteiger charge is -2.59. The number of methoxy groups -OCH3 is 1. The van der Waals surface area contributed by atoms with Crippen LogP contribution in [0.15, 0.2) is 18.5 Å². The standard InChI is InChI=1S/C15H26N4O2/c1-14(2)12(11-15(14,3)21-4)18-13(20)16-7-5-9-19-10-6-8-17-19/h6,8,10,12H,5,7,9,11H2,1-4H3,(H2,16,18,20)/t12-,15+/m0/s1. The molecular formula is C15H26N4O2. The third-order valence-corrected chi connectivity index (χ3v) is 4.99. The van der Waals surface area contributed by atoms with Gasteiger partial charge < -0.3 is 15.4 Å². The van der Waals surface area contributed by atoms with Gasteiger partial charge in [0, 0.05) is 44.0 Å². The lowest BCUT2D eigenvalue weighted by molar-refractivity contribution is -0.177. The number of carbonyl (C=O) groups is 1. The lowest BCUT2D eigenvalue weighted by atomic mass is 9.56. The molecular weight excluding hydrogens is 268 g/mol. The van der Waals surface area contributed by atoms with E-state index >= 15 is 0 Å². The number of aromatic nitrogens is 2. The first kappa shape index (κ1) is 15.8. The second-order valence-electron chi connectivity index (χ2n) is 6.44. The zero-order chi connectivity index (χ0) is 15.5. The molecule has 2 N–H and O–H groups in total. The number of carbonyl (C=O) groups excluding carboxylic acids is 1. The summed E-state index contributed by atoms with van der Waals surface area (Å²) in [4.78, 5) is 11.9. The number of nitrogens with zero attached hydrogens (tertiary/aromatic N) is 2. The van der Waals surface area contributed by atoms with E-state index in [0.29, 0.717) is 6.54 Å². The molecule has 0 aliphatic heterocycles. The van der Waals surface area contributed by atoms with Crippen molar-refractivity contribution in [2.75, 3.05) is 13.7 Å². The van der Waals surface area contributed by atoms with Crippen LogP contribution in [0.2, 0.25) is 0 Å². The Morgan fingerprint density at radius 3 is 2.81 bits per heavy atom. The Bertz CT molecular complexity index is 472. The summed E-state index contributed by atoms with van der Waals surface area (Å²) < 4.78 is 7.42. The number of aryl methyl sites for hydroxylation is 1. The summed E-state index contributed by atoms with van der Waals surface area (Å²) in [6, 6.07) is 1.94. The van der Waals surface area contributed by atoms with E-state index in [1.165, 1.54) is 0 Å². The number of rotatable bonds is 6. The predicted octanol–water partition coefficient (Wildman–Crippen LogP) is 1.78. The zero-order valence-corrected chi connectivity index (χ0v) is 13.3. The molecule has 1 fully saturated rings. The van der Waals surface area contributed by atoms with E-state index in [0.717, 1.165) is 19.4 Å². The average molecular weight is 294 g/mol. The Morgan fingerprint density at radius 1 is 1.48 bits per heavy atom. The first-order chi connectivity index (χ1) is 9.89. The van der Waals surface area contributed by atoms with Gasteiger partial charge in [-0.05, 0) is 25.8 Å². The Labute approximate surface area is 126 Å². The van der Waals surface area contributed by atoms with Crippen LogP contribution >= 0.6 is 0 Å². The summed E-state index contributed by atoms with van der Waals surface area (Å²) in [5.74, 6) is 0. The van der Waals surface area contributed by atoms with Crippen LogP contribution in [0.1, 0.15) is 33.6 Å². The van der Waals surface area contributed by atoms with Gasteiger partial charge in [-0.3, -0.25) is 4.68 Å². The maximum atomic E-state index is 11.9. The van der Waals surface area contributed by atoms with Gasteiger partial charge in [-0.1, -0.05) is 13.8 Å². The smallest absolute Gasteiger partial charge is 0.315 e. The maximum absolute atomic E-state index is 11.9. The minimum Gasteiger partial charge on any atom is -0.378 e. The molecule has 1 aliphatic carbocycles. The Balaban J connectivity index is 1.66. The molecule has 1 aromatic rings. The van der Waals surface area contributed by atoms with Crippen LogP contribution in [0.5, 0.6) is 0 Å². The van der Waals surface area contributed by atoms with Gasteiger partial charge in [-0.15, -0.1) is 0 Å². The van der Waals surface area contributed by atoms with Gasteiger partial charge in [-0.25, -0.2) is 4.79 Å². The largest absolute Gasteiger partial charge is 0.378 e. The van der Waals surface area contributed by atoms with Crippen molar-refractivity contribution in [2.45, 2.75) is 51.8 Å². The summed E-state index contributed by atoms with van der Waals surface area (Å²) in [7, 11) is 1.73. The first-order valence-electron chi connectivity index (χ1n) is 7.46. The van der Waals surface area contributed by atoms with Gasteiger partial charge in [0.2, 0.25) is 0 Å². The van der Waals surface area contributed by atoms with Gasteiger partial charge in [0.05, 0.1) is 5.60 Å². The highest BCUT2D eigenvalue weighted by Crippen LogP contribution is 2.51. The van der Waals surface area contributed by atoms with E-state index in [1.54, 1.807) is 13.3 Å². The van der Waals surface area contributed by atoms with Crippen molar-refractivity contribution >= 4 is 6.03 Å². The third kappa shape index (κ3) is 3.20. The quantitative estimate of drug-likeness (QED) is 0.786. The van der Waals surface area contributed by atoms with Crippen molar-refractivity contribution in [1.29, 1.82) is 0 Å². The molecule has 0 aromatic carbocycles. The Hall–Kier alpha value is -1.56. The number of nitrogens with one attached hydrogen (secondary N) is 2.